The zero-order valence-electron chi connectivity index (χ0n) is 21.4. The largest absolute Gasteiger partial charge is 0.493 e. The average Bonchev–Trinajstić information content (AvgIpc) is 2.91. The van der Waals surface area contributed by atoms with Gasteiger partial charge in [0.15, 0.2) is 11.5 Å². The molecule has 0 spiro atoms. The molecule has 3 aromatic carbocycles. The second kappa shape index (κ2) is 11.5. The summed E-state index contributed by atoms with van der Waals surface area (Å²) < 4.78 is 52.3. The summed E-state index contributed by atoms with van der Waals surface area (Å²) in [5, 5.41) is 0.524. The van der Waals surface area contributed by atoms with Gasteiger partial charge in [-0.25, -0.2) is 12.8 Å². The number of rotatable bonds is 8. The third kappa shape index (κ3) is 5.97. The molecule has 0 unspecified atom stereocenters. The molecule has 1 heterocycles. The number of sulfonamides is 1. The maximum absolute atomic E-state index is 14.3. The van der Waals surface area contributed by atoms with E-state index in [1.54, 1.807) is 47.4 Å². The van der Waals surface area contributed by atoms with Gasteiger partial charge in [-0.1, -0.05) is 35.9 Å². The number of carbonyl (C=O) groups excluding carboxylic acids is 1. The number of halogens is 2. The molecule has 0 radical (unpaired) electrons. The Hall–Kier alpha value is -3.50. The molecule has 3 aromatic rings. The van der Waals surface area contributed by atoms with Crippen LogP contribution in [0.3, 0.4) is 0 Å². The maximum Gasteiger partial charge on any atom is 0.256 e. The number of hydrogen-bond donors (Lipinski definition) is 0. The monoisotopic (exact) mass is 561 g/mol. The summed E-state index contributed by atoms with van der Waals surface area (Å²) >= 11 is 6.00. The molecular weight excluding hydrogens is 533 g/mol. The van der Waals surface area contributed by atoms with E-state index >= 15 is 0 Å². The van der Waals surface area contributed by atoms with Crippen LogP contribution in [0, 0.1) is 5.82 Å². The number of amides is 1. The van der Waals surface area contributed by atoms with E-state index < -0.39 is 10.0 Å². The molecule has 1 aliphatic rings. The quantitative estimate of drug-likeness (QED) is 0.405. The van der Waals surface area contributed by atoms with Crippen molar-refractivity contribution >= 4 is 38.9 Å². The standard InChI is InChI=1S/C27H29ClFN3O5S/c1-36-25-16-21(27(33)31-14-12-30(13-15-31)23-7-5-4-6-22(23)29)24(17-26(25)37-2)32(38(3,34)35)18-19-8-10-20(28)11-9-19/h4-11,16-17H,12-15,18H2,1-3H3. The van der Waals surface area contributed by atoms with Gasteiger partial charge in [-0.2, -0.15) is 0 Å². The normalized spacial score (nSPS) is 13.8. The molecule has 1 amide bonds. The van der Waals surface area contributed by atoms with Crippen LogP contribution in [-0.4, -0.2) is 65.9 Å². The van der Waals surface area contributed by atoms with Crippen molar-refractivity contribution in [2.24, 2.45) is 0 Å². The molecule has 8 nitrogen and oxygen atoms in total. The predicted molar refractivity (Wildman–Crippen MR) is 147 cm³/mol. The van der Waals surface area contributed by atoms with Gasteiger partial charge in [0.2, 0.25) is 10.0 Å². The smallest absolute Gasteiger partial charge is 0.256 e. The van der Waals surface area contributed by atoms with E-state index in [1.807, 2.05) is 4.90 Å². The predicted octanol–water partition coefficient (Wildman–Crippen LogP) is 4.42. The van der Waals surface area contributed by atoms with Gasteiger partial charge in [0.05, 0.1) is 44.0 Å². The Morgan fingerprint density at radius 2 is 1.58 bits per heavy atom. The fraction of sp³-hybridized carbons (Fsp3) is 0.296. The Morgan fingerprint density at radius 3 is 2.16 bits per heavy atom. The number of hydrogen-bond acceptors (Lipinski definition) is 6. The molecule has 0 aromatic heterocycles. The number of ether oxygens (including phenoxy) is 2. The fourth-order valence-electron chi connectivity index (χ4n) is 4.41. The second-order valence-corrected chi connectivity index (χ2v) is 11.2. The van der Waals surface area contributed by atoms with E-state index in [1.165, 1.54) is 36.7 Å². The summed E-state index contributed by atoms with van der Waals surface area (Å²) in [5.74, 6) is -0.0999. The summed E-state index contributed by atoms with van der Waals surface area (Å²) in [7, 11) is -0.939. The van der Waals surface area contributed by atoms with Crippen molar-refractivity contribution in [1.82, 2.24) is 4.90 Å². The number of benzene rings is 3. The number of para-hydroxylation sites is 1. The topological polar surface area (TPSA) is 79.4 Å². The van der Waals surface area contributed by atoms with Crippen LogP contribution in [0.15, 0.2) is 60.7 Å². The number of methoxy groups -OCH3 is 2. The summed E-state index contributed by atoms with van der Waals surface area (Å²) in [6.07, 6.45) is 1.08. The molecule has 1 saturated heterocycles. The van der Waals surface area contributed by atoms with Crippen molar-refractivity contribution < 1.29 is 27.1 Å². The van der Waals surface area contributed by atoms with Crippen LogP contribution in [-0.2, 0) is 16.6 Å². The fourth-order valence-corrected chi connectivity index (χ4v) is 5.43. The van der Waals surface area contributed by atoms with E-state index in [-0.39, 0.29) is 35.3 Å². The van der Waals surface area contributed by atoms with E-state index in [4.69, 9.17) is 21.1 Å². The minimum Gasteiger partial charge on any atom is -0.493 e. The molecule has 11 heteroatoms. The second-order valence-electron chi connectivity index (χ2n) is 8.85. The first-order valence-corrected chi connectivity index (χ1v) is 14.1. The molecule has 0 N–H and O–H groups in total. The van der Waals surface area contributed by atoms with E-state index in [2.05, 4.69) is 0 Å². The van der Waals surface area contributed by atoms with Crippen LogP contribution in [0.2, 0.25) is 5.02 Å². The number of carbonyl (C=O) groups is 1. The SMILES string of the molecule is COc1cc(C(=O)N2CCN(c3ccccc3F)CC2)c(N(Cc2ccc(Cl)cc2)S(C)(=O)=O)cc1OC. The zero-order chi connectivity index (χ0) is 27.4. The molecule has 1 fully saturated rings. The zero-order valence-corrected chi connectivity index (χ0v) is 22.9. The summed E-state index contributed by atoms with van der Waals surface area (Å²) in [6, 6.07) is 16.3. The van der Waals surface area contributed by atoms with Gasteiger partial charge in [-0.05, 0) is 35.9 Å². The van der Waals surface area contributed by atoms with Gasteiger partial charge < -0.3 is 19.3 Å². The highest BCUT2D eigenvalue weighted by Crippen LogP contribution is 2.38. The van der Waals surface area contributed by atoms with Crippen molar-refractivity contribution in [1.29, 1.82) is 0 Å². The van der Waals surface area contributed by atoms with E-state index in [9.17, 15) is 17.6 Å². The Balaban J connectivity index is 1.69. The maximum atomic E-state index is 14.3. The molecule has 4 rings (SSSR count). The van der Waals surface area contributed by atoms with Crippen molar-refractivity contribution in [3.63, 3.8) is 0 Å². The van der Waals surface area contributed by atoms with Crippen LogP contribution in [0.4, 0.5) is 15.8 Å². The van der Waals surface area contributed by atoms with E-state index in [0.29, 0.717) is 48.2 Å². The summed E-state index contributed by atoms with van der Waals surface area (Å²) in [5.41, 5.74) is 1.49. The lowest BCUT2D eigenvalue weighted by atomic mass is 10.1. The van der Waals surface area contributed by atoms with Crippen molar-refractivity contribution in [3.8, 4) is 11.5 Å². The lowest BCUT2D eigenvalue weighted by molar-refractivity contribution is 0.0747. The lowest BCUT2D eigenvalue weighted by Gasteiger charge is -2.37. The third-order valence-corrected chi connectivity index (χ3v) is 7.78. The third-order valence-electron chi connectivity index (χ3n) is 6.40. The van der Waals surface area contributed by atoms with Crippen LogP contribution >= 0.6 is 11.6 Å². The first kappa shape index (κ1) is 27.5. The van der Waals surface area contributed by atoms with Crippen LogP contribution < -0.4 is 18.7 Å². The average molecular weight is 562 g/mol. The molecule has 0 saturated carbocycles. The Kier molecular flexibility index (Phi) is 8.32. The van der Waals surface area contributed by atoms with Crippen LogP contribution in [0.1, 0.15) is 15.9 Å². The molecule has 0 atom stereocenters. The van der Waals surface area contributed by atoms with Gasteiger partial charge in [0, 0.05) is 37.3 Å². The number of anilines is 2. The minimum atomic E-state index is -3.82. The van der Waals surface area contributed by atoms with Crippen molar-refractivity contribution in [2.45, 2.75) is 6.54 Å². The molecule has 202 valence electrons. The highest BCUT2D eigenvalue weighted by atomic mass is 35.5. The first-order valence-electron chi connectivity index (χ1n) is 11.9. The molecule has 0 bridgehead atoms. The van der Waals surface area contributed by atoms with Gasteiger partial charge in [0.1, 0.15) is 5.82 Å². The Morgan fingerprint density at radius 1 is 0.974 bits per heavy atom. The van der Waals surface area contributed by atoms with Crippen LogP contribution in [0.25, 0.3) is 0 Å². The number of piperazine rings is 1. The Bertz CT molecular complexity index is 1410. The highest BCUT2D eigenvalue weighted by Gasteiger charge is 2.30. The Labute approximate surface area is 227 Å². The number of nitrogens with zero attached hydrogens (tertiary/aromatic N) is 3. The van der Waals surface area contributed by atoms with Crippen molar-refractivity contribution in [2.75, 3.05) is 55.9 Å². The highest BCUT2D eigenvalue weighted by molar-refractivity contribution is 7.92. The molecule has 1 aliphatic heterocycles. The van der Waals surface area contributed by atoms with E-state index in [0.717, 1.165) is 6.26 Å². The lowest BCUT2D eigenvalue weighted by Crippen LogP contribution is -2.49. The van der Waals surface area contributed by atoms with Crippen LogP contribution in [0.5, 0.6) is 11.5 Å². The summed E-state index contributed by atoms with van der Waals surface area (Å²) in [6.45, 7) is 1.49. The molecule has 0 aliphatic carbocycles. The van der Waals surface area contributed by atoms with Gasteiger partial charge in [-0.3, -0.25) is 9.10 Å². The molecular formula is C27H29ClFN3O5S. The summed E-state index contributed by atoms with van der Waals surface area (Å²) in [4.78, 5) is 17.3. The minimum absolute atomic E-state index is 0.0210. The molecule has 38 heavy (non-hydrogen) atoms. The first-order chi connectivity index (χ1) is 18.1. The van der Waals surface area contributed by atoms with Gasteiger partial charge >= 0.3 is 0 Å². The van der Waals surface area contributed by atoms with Gasteiger partial charge in [0.25, 0.3) is 5.91 Å². The van der Waals surface area contributed by atoms with Gasteiger partial charge in [-0.15, -0.1) is 0 Å². The van der Waals surface area contributed by atoms with Crippen molar-refractivity contribution in [3.05, 3.63) is 82.6 Å².